The Morgan fingerprint density at radius 2 is 1.16 bits per heavy atom. The van der Waals surface area contributed by atoms with E-state index < -0.39 is 0 Å². The second-order valence-corrected chi connectivity index (χ2v) is 23.9. The maximum absolute atomic E-state index is 9.09. The lowest BCUT2D eigenvalue weighted by atomic mass is 9.96. The van der Waals surface area contributed by atoms with Gasteiger partial charge in [-0.05, 0) is 151 Å². The molecule has 0 amide bonds. The Morgan fingerprint density at radius 3 is 1.62 bits per heavy atom. The van der Waals surface area contributed by atoms with E-state index >= 15 is 0 Å². The minimum atomic E-state index is 0.258. The maximum Gasteiger partial charge on any atom is 0.203 e. The first kappa shape index (κ1) is 59.1. The molecule has 4 aliphatic rings. The molecule has 11 aromatic rings. The van der Waals surface area contributed by atoms with Crippen LogP contribution in [0.15, 0.2) is 122 Å². The zero-order chi connectivity index (χ0) is 60.3. The van der Waals surface area contributed by atoms with Crippen LogP contribution in [0.5, 0.6) is 0 Å². The number of aryl methyl sites for hydroxylation is 2. The van der Waals surface area contributed by atoms with Crippen molar-refractivity contribution in [2.45, 2.75) is 83.6 Å². The Balaban J connectivity index is 0.000000123. The van der Waals surface area contributed by atoms with Gasteiger partial charge < -0.3 is 50.4 Å². The third kappa shape index (κ3) is 13.8. The third-order valence-electron chi connectivity index (χ3n) is 14.9. The molecule has 0 bridgehead atoms. The van der Waals surface area contributed by atoms with E-state index in [4.69, 9.17) is 39.0 Å². The van der Waals surface area contributed by atoms with Gasteiger partial charge in [-0.2, -0.15) is 48.1 Å². The van der Waals surface area contributed by atoms with E-state index in [2.05, 4.69) is 95.9 Å². The first-order valence-electron chi connectivity index (χ1n) is 29.0. The fourth-order valence-corrected chi connectivity index (χ4v) is 12.7. The van der Waals surface area contributed by atoms with Crippen molar-refractivity contribution in [1.29, 1.82) is 10.5 Å². The molecule has 3 atom stereocenters. The molecule has 25 nitrogen and oxygen atoms in total. The molecule has 8 N–H and O–H groups in total. The molecule has 11 aromatic heterocycles. The monoisotopic (exact) mass is 1240 g/mol. The van der Waals surface area contributed by atoms with Crippen molar-refractivity contribution in [1.82, 2.24) is 73.2 Å². The van der Waals surface area contributed by atoms with Crippen LogP contribution >= 0.6 is 35.0 Å². The van der Waals surface area contributed by atoms with Gasteiger partial charge in [0.25, 0.3) is 0 Å². The predicted octanol–water partition coefficient (Wildman–Crippen LogP) is 11.1. The van der Waals surface area contributed by atoms with Crippen molar-refractivity contribution in [3.8, 4) is 45.5 Å². The maximum atomic E-state index is 9.09. The van der Waals surface area contributed by atoms with Gasteiger partial charge in [-0.25, -0.2) is 15.0 Å². The summed E-state index contributed by atoms with van der Waals surface area (Å²) in [4.78, 5) is 14.3. The van der Waals surface area contributed by atoms with E-state index in [9.17, 15) is 0 Å². The molecular weight excluding hydrogens is 1180 g/mol. The molecule has 4 aliphatic heterocycles. The van der Waals surface area contributed by atoms with Gasteiger partial charge in [0.2, 0.25) is 11.5 Å². The molecule has 0 radical (unpaired) electrons. The quantitative estimate of drug-likeness (QED) is 0.0244. The topological polar surface area (TPSA) is 320 Å². The number of hydrogen-bond acceptors (Lipinski definition) is 25. The minimum Gasteiger partial charge on any atom is -0.463 e. The number of rotatable bonds is 12. The lowest BCUT2D eigenvalue weighted by Gasteiger charge is -2.23. The molecule has 450 valence electrons. The Kier molecular flexibility index (Phi) is 18.5. The van der Waals surface area contributed by atoms with Crippen LogP contribution in [0.2, 0.25) is 0 Å². The largest absolute Gasteiger partial charge is 0.463 e. The summed E-state index contributed by atoms with van der Waals surface area (Å²) in [6.07, 6.45) is 23.8. The average Bonchev–Trinajstić information content (AvgIpc) is 1.96. The Hall–Kier alpha value is -9.26. The van der Waals surface area contributed by atoms with Crippen LogP contribution in [0, 0.1) is 36.5 Å². The molecule has 3 unspecified atom stereocenters. The average molecular weight is 1240 g/mol. The zero-order valence-corrected chi connectivity index (χ0v) is 50.8. The summed E-state index contributed by atoms with van der Waals surface area (Å²) in [5.41, 5.74) is 11.1. The first-order valence-corrected chi connectivity index (χ1v) is 31.3. The van der Waals surface area contributed by atoms with Crippen molar-refractivity contribution in [2.24, 2.45) is 5.16 Å². The smallest absolute Gasteiger partial charge is 0.203 e. The van der Waals surface area contributed by atoms with Crippen LogP contribution in [-0.2, 0) is 0 Å². The van der Waals surface area contributed by atoms with Gasteiger partial charge >= 0.3 is 0 Å². The highest BCUT2D eigenvalue weighted by Crippen LogP contribution is 2.35. The number of nitrogens with zero attached hydrogens (tertiary/aromatic N) is 14. The third-order valence-corrected chi connectivity index (χ3v) is 17.5. The van der Waals surface area contributed by atoms with Gasteiger partial charge in [0.05, 0.1) is 52.7 Å². The molecular formula is C60H63N21O4S3. The molecule has 0 spiro atoms. The van der Waals surface area contributed by atoms with Gasteiger partial charge in [0.1, 0.15) is 64.1 Å². The molecule has 15 heterocycles. The number of piperidine rings is 3. The van der Waals surface area contributed by atoms with Gasteiger partial charge in [-0.1, -0.05) is 11.6 Å². The van der Waals surface area contributed by atoms with Crippen LogP contribution in [0.25, 0.3) is 50.3 Å². The number of furan rings is 3. The molecule has 3 saturated heterocycles. The standard InChI is InChI=1S/C20H21N7O2S.C20H21N7OS.C15H10N6OS.C5H11N/c1-12-5-19(30-26-12)25-18-7-17(13-3-2-4-21-8-13)24-20-16(10-22-27(18)20)14-6-15(9-23-28)29-11-14;1-12-5-19(29-26-12)25-18-7-17(13-3-2-4-22-9-13)24-20-16(10-23-27(18)20)14-6-15(8-21)28-11-14;1-9-4-14(23-20-9)19-13-2-3-17-15-12(7-18-21(13)15)10-5-11(6-16)22-8-10;1-2-4-6-5-3-1/h5-7,9-11,13,21,25,28H,2-4,8H2,1H3;5-7,10-13,22,25-26H,2-4,9H2,1H3;2-5,7-8,19H,1H3;6H,1-5H2/b23-9-;;;. The number of fused-ring (bicyclic) bond motifs is 3. The molecule has 28 heteroatoms. The predicted molar refractivity (Wildman–Crippen MR) is 339 cm³/mol. The van der Waals surface area contributed by atoms with E-state index in [0.717, 1.165) is 152 Å². The van der Waals surface area contributed by atoms with Crippen LogP contribution in [-0.4, -0.2) is 109 Å². The van der Waals surface area contributed by atoms with Gasteiger partial charge in [-0.3, -0.25) is 4.72 Å². The lowest BCUT2D eigenvalue weighted by Crippen LogP contribution is -2.29. The number of anilines is 5. The second kappa shape index (κ2) is 27.6. The molecule has 0 aromatic carbocycles. The number of hydrogen-bond donors (Lipinski definition) is 8. The zero-order valence-electron chi connectivity index (χ0n) is 48.4. The first-order chi connectivity index (χ1) is 43.2. The van der Waals surface area contributed by atoms with Crippen molar-refractivity contribution >= 4 is 85.6 Å². The molecule has 0 saturated carbocycles. The number of oxime groups is 1. The summed E-state index contributed by atoms with van der Waals surface area (Å²) in [7, 11) is 0. The van der Waals surface area contributed by atoms with Crippen LogP contribution in [0.1, 0.15) is 104 Å². The van der Waals surface area contributed by atoms with E-state index in [-0.39, 0.29) is 11.5 Å². The Labute approximate surface area is 517 Å². The minimum absolute atomic E-state index is 0.258. The fourth-order valence-electron chi connectivity index (χ4n) is 10.6. The van der Waals surface area contributed by atoms with E-state index in [0.29, 0.717) is 29.3 Å². The number of aromatic nitrogens is 11. The van der Waals surface area contributed by atoms with Gasteiger partial charge in [0.15, 0.2) is 16.9 Å². The molecule has 15 rings (SSSR count). The van der Waals surface area contributed by atoms with Crippen LogP contribution < -0.4 is 36.6 Å². The van der Waals surface area contributed by atoms with E-state index in [1.807, 2.05) is 48.7 Å². The molecule has 0 aliphatic carbocycles. The highest BCUT2D eigenvalue weighted by atomic mass is 32.2. The summed E-state index contributed by atoms with van der Waals surface area (Å²) in [6.45, 7) is 12.5. The van der Waals surface area contributed by atoms with Crippen molar-refractivity contribution in [3.05, 3.63) is 143 Å². The second-order valence-electron chi connectivity index (χ2n) is 21.4. The van der Waals surface area contributed by atoms with E-state index in [1.54, 1.807) is 76.5 Å². The molecule has 3 fully saturated rings. The van der Waals surface area contributed by atoms with Gasteiger partial charge in [-0.15, -0.1) is 0 Å². The summed E-state index contributed by atoms with van der Waals surface area (Å²) >= 11 is 4.39. The highest BCUT2D eigenvalue weighted by molar-refractivity contribution is 8.01. The van der Waals surface area contributed by atoms with Crippen molar-refractivity contribution in [3.63, 3.8) is 0 Å². The van der Waals surface area contributed by atoms with Crippen LogP contribution in [0.3, 0.4) is 0 Å². The summed E-state index contributed by atoms with van der Waals surface area (Å²) in [5.74, 6) is 4.20. The van der Waals surface area contributed by atoms with Crippen molar-refractivity contribution in [2.75, 3.05) is 55.2 Å². The number of nitriles is 2. The summed E-state index contributed by atoms with van der Waals surface area (Å²) in [5, 5.41) is 66.7. The number of nitrogens with one attached hydrogen (secondary N) is 7. The lowest BCUT2D eigenvalue weighted by molar-refractivity contribution is 0.320. The molecule has 88 heavy (non-hydrogen) atoms. The highest BCUT2D eigenvalue weighted by Gasteiger charge is 2.25. The van der Waals surface area contributed by atoms with E-state index in [1.165, 1.54) is 67.9 Å². The Morgan fingerprint density at radius 1 is 0.636 bits per heavy atom. The van der Waals surface area contributed by atoms with Crippen LogP contribution in [0.4, 0.5) is 27.5 Å². The van der Waals surface area contributed by atoms with Gasteiger partial charge in [0, 0.05) is 94.8 Å². The van der Waals surface area contributed by atoms with Crippen molar-refractivity contribution < 1.29 is 18.5 Å². The summed E-state index contributed by atoms with van der Waals surface area (Å²) in [6, 6.07) is 19.5. The Bertz CT molecular complexity index is 4310. The fraction of sp³-hybridized carbons (Fsp3) is 0.317. The normalized spacial score (nSPS) is 17.5. The SMILES string of the molecule is C1CCNCC1.CC1C=C(Nc2cc(C3CCCNC3)nc3c(-c4coc(C#N)c4)cnn23)SN1.Cc1cc(Nc2cc(C3CCCNC3)nc3c(-c4coc(/C=N\O)c4)cnn23)sn1.Cc1cc(Nc2ccnc3c(-c4coc(C#N)c4)cnn23)sn1. The summed E-state index contributed by atoms with van der Waals surface area (Å²) < 4.78 is 33.2.